The van der Waals surface area contributed by atoms with Gasteiger partial charge in [-0.05, 0) is 50.6 Å². The maximum Gasteiger partial charge on any atom is 0.253 e. The molecule has 0 saturated carbocycles. The quantitative estimate of drug-likeness (QED) is 0.491. The summed E-state index contributed by atoms with van der Waals surface area (Å²) in [7, 11) is 0. The number of hydrogen-bond donors (Lipinski definition) is 2. The van der Waals surface area contributed by atoms with E-state index in [-0.39, 0.29) is 23.1 Å². The van der Waals surface area contributed by atoms with Gasteiger partial charge >= 0.3 is 0 Å². The molecule has 154 valence electrons. The third-order valence-corrected chi connectivity index (χ3v) is 5.89. The van der Waals surface area contributed by atoms with Crippen LogP contribution in [0.5, 0.6) is 0 Å². The van der Waals surface area contributed by atoms with E-state index in [9.17, 15) is 9.59 Å². The lowest BCUT2D eigenvalue weighted by Gasteiger charge is -2.17. The first-order chi connectivity index (χ1) is 14.4. The molecule has 3 aromatic carbocycles. The van der Waals surface area contributed by atoms with Crippen LogP contribution in [0.1, 0.15) is 41.4 Å². The van der Waals surface area contributed by atoms with Crippen LogP contribution in [0.4, 0.5) is 5.69 Å². The fraction of sp³-hybridized carbons (Fsp3) is 0.200. The zero-order chi connectivity index (χ0) is 21.5. The van der Waals surface area contributed by atoms with E-state index in [0.29, 0.717) is 11.3 Å². The normalized spacial score (nSPS) is 12.6. The van der Waals surface area contributed by atoms with Crippen molar-refractivity contribution in [3.05, 3.63) is 95.6 Å². The van der Waals surface area contributed by atoms with E-state index in [1.807, 2.05) is 81.4 Å². The van der Waals surface area contributed by atoms with Crippen LogP contribution in [0.2, 0.25) is 0 Å². The van der Waals surface area contributed by atoms with Crippen molar-refractivity contribution in [3.63, 3.8) is 0 Å². The van der Waals surface area contributed by atoms with Gasteiger partial charge in [-0.15, -0.1) is 11.8 Å². The number of rotatable bonds is 7. The van der Waals surface area contributed by atoms with Crippen LogP contribution < -0.4 is 10.6 Å². The first kappa shape index (κ1) is 21.7. The minimum Gasteiger partial charge on any atom is -0.345 e. The van der Waals surface area contributed by atoms with Gasteiger partial charge in [-0.25, -0.2) is 0 Å². The average molecular weight is 419 g/mol. The summed E-state index contributed by atoms with van der Waals surface area (Å²) in [5, 5.41) is 5.62. The molecule has 30 heavy (non-hydrogen) atoms. The van der Waals surface area contributed by atoms with E-state index in [2.05, 4.69) is 10.6 Å². The molecule has 0 unspecified atom stereocenters. The van der Waals surface area contributed by atoms with Crippen molar-refractivity contribution in [1.82, 2.24) is 5.32 Å². The smallest absolute Gasteiger partial charge is 0.253 e. The van der Waals surface area contributed by atoms with E-state index < -0.39 is 0 Å². The summed E-state index contributed by atoms with van der Waals surface area (Å²) in [6.07, 6.45) is 0. The zero-order valence-electron chi connectivity index (χ0n) is 17.4. The van der Waals surface area contributed by atoms with Crippen molar-refractivity contribution in [2.75, 3.05) is 5.32 Å². The second kappa shape index (κ2) is 10.1. The minimum absolute atomic E-state index is 0.140. The topological polar surface area (TPSA) is 58.2 Å². The maximum atomic E-state index is 12.9. The number of carbonyl (C=O) groups is 2. The van der Waals surface area contributed by atoms with E-state index in [4.69, 9.17) is 0 Å². The van der Waals surface area contributed by atoms with Crippen molar-refractivity contribution in [3.8, 4) is 0 Å². The molecule has 0 heterocycles. The van der Waals surface area contributed by atoms with Crippen LogP contribution in [-0.2, 0) is 4.79 Å². The van der Waals surface area contributed by atoms with Crippen LogP contribution >= 0.6 is 11.8 Å². The Morgan fingerprint density at radius 1 is 0.833 bits per heavy atom. The molecule has 0 aromatic heterocycles. The Morgan fingerprint density at radius 3 is 2.17 bits per heavy atom. The third kappa shape index (κ3) is 5.74. The molecule has 2 atom stereocenters. The van der Waals surface area contributed by atoms with Crippen LogP contribution in [0, 0.1) is 6.92 Å². The summed E-state index contributed by atoms with van der Waals surface area (Å²) in [5.74, 6) is -0.363. The molecular weight excluding hydrogens is 392 g/mol. The second-order valence-corrected chi connectivity index (χ2v) is 8.63. The first-order valence-corrected chi connectivity index (χ1v) is 10.8. The predicted molar refractivity (Wildman–Crippen MR) is 124 cm³/mol. The van der Waals surface area contributed by atoms with Gasteiger partial charge in [0, 0.05) is 4.90 Å². The number of para-hydroxylation sites is 1. The molecule has 0 spiro atoms. The van der Waals surface area contributed by atoms with Crippen LogP contribution in [0.15, 0.2) is 83.8 Å². The number of aryl methyl sites for hydroxylation is 1. The van der Waals surface area contributed by atoms with Crippen molar-refractivity contribution >= 4 is 29.3 Å². The van der Waals surface area contributed by atoms with Crippen molar-refractivity contribution in [2.45, 2.75) is 37.0 Å². The molecule has 0 saturated heterocycles. The third-order valence-electron chi connectivity index (χ3n) is 4.78. The molecular formula is C25H26N2O2S. The first-order valence-electron chi connectivity index (χ1n) is 9.93. The minimum atomic E-state index is -0.299. The standard InChI is InChI=1S/C25H26N2O2S/c1-17-13-15-21(16-14-17)30-19(3)24(28)27-23-12-8-7-11-22(23)25(29)26-18(2)20-9-5-4-6-10-20/h4-16,18-19H,1-3H3,(H,26,29)(H,27,28)/t18-,19+/m0/s1. The molecule has 2 amide bonds. The summed E-state index contributed by atoms with van der Waals surface area (Å²) in [5.41, 5.74) is 3.16. The van der Waals surface area contributed by atoms with Gasteiger partial charge in [-0.1, -0.05) is 60.2 Å². The average Bonchev–Trinajstić information content (AvgIpc) is 2.76. The van der Waals surface area contributed by atoms with Crippen LogP contribution in [0.25, 0.3) is 0 Å². The van der Waals surface area contributed by atoms with Crippen molar-refractivity contribution in [1.29, 1.82) is 0 Å². The maximum absolute atomic E-state index is 12.9. The number of anilines is 1. The summed E-state index contributed by atoms with van der Waals surface area (Å²) in [6.45, 7) is 5.83. The molecule has 3 aromatic rings. The van der Waals surface area contributed by atoms with Gasteiger partial charge in [-0.3, -0.25) is 9.59 Å². The number of hydrogen-bond acceptors (Lipinski definition) is 3. The summed E-state index contributed by atoms with van der Waals surface area (Å²) >= 11 is 1.49. The molecule has 0 aliphatic carbocycles. The van der Waals surface area contributed by atoms with Gasteiger partial charge < -0.3 is 10.6 Å². The van der Waals surface area contributed by atoms with E-state index >= 15 is 0 Å². The molecule has 0 aliphatic heterocycles. The molecule has 0 radical (unpaired) electrons. The second-order valence-electron chi connectivity index (χ2n) is 7.21. The van der Waals surface area contributed by atoms with Crippen LogP contribution in [0.3, 0.4) is 0 Å². The highest BCUT2D eigenvalue weighted by Crippen LogP contribution is 2.25. The Hall–Kier alpha value is -3.05. The van der Waals surface area contributed by atoms with Gasteiger partial charge in [-0.2, -0.15) is 0 Å². The van der Waals surface area contributed by atoms with Gasteiger partial charge in [0.2, 0.25) is 5.91 Å². The monoisotopic (exact) mass is 418 g/mol. The highest BCUT2D eigenvalue weighted by atomic mass is 32.2. The zero-order valence-corrected chi connectivity index (χ0v) is 18.2. The number of nitrogens with one attached hydrogen (secondary N) is 2. The molecule has 5 heteroatoms. The molecule has 3 rings (SSSR count). The van der Waals surface area contributed by atoms with Crippen molar-refractivity contribution in [2.24, 2.45) is 0 Å². The molecule has 0 fully saturated rings. The number of amides is 2. The Bertz CT molecular complexity index is 1000. The fourth-order valence-electron chi connectivity index (χ4n) is 3.00. The Labute approximate surface area is 182 Å². The molecule has 4 nitrogen and oxygen atoms in total. The Kier molecular flexibility index (Phi) is 7.31. The van der Waals surface area contributed by atoms with Crippen molar-refractivity contribution < 1.29 is 9.59 Å². The van der Waals surface area contributed by atoms with Crippen LogP contribution in [-0.4, -0.2) is 17.1 Å². The van der Waals surface area contributed by atoms with Gasteiger partial charge in [0.15, 0.2) is 0 Å². The summed E-state index contributed by atoms with van der Waals surface area (Å²) < 4.78 is 0. The van der Waals surface area contributed by atoms with E-state index in [1.54, 1.807) is 18.2 Å². The SMILES string of the molecule is Cc1ccc(S[C@H](C)C(=O)Nc2ccccc2C(=O)N[C@@H](C)c2ccccc2)cc1. The highest BCUT2D eigenvalue weighted by Gasteiger charge is 2.19. The summed E-state index contributed by atoms with van der Waals surface area (Å²) in [4.78, 5) is 26.6. The molecule has 0 aliphatic rings. The van der Waals surface area contributed by atoms with E-state index in [1.165, 1.54) is 17.3 Å². The molecule has 2 N–H and O–H groups in total. The largest absolute Gasteiger partial charge is 0.345 e. The lowest BCUT2D eigenvalue weighted by molar-refractivity contribution is -0.115. The molecule has 0 bridgehead atoms. The van der Waals surface area contributed by atoms with Gasteiger partial charge in [0.05, 0.1) is 22.5 Å². The summed E-state index contributed by atoms with van der Waals surface area (Å²) in [6, 6.07) is 24.8. The fourth-order valence-corrected chi connectivity index (χ4v) is 3.87. The number of benzene rings is 3. The number of thioether (sulfide) groups is 1. The Morgan fingerprint density at radius 2 is 1.47 bits per heavy atom. The lowest BCUT2D eigenvalue weighted by atomic mass is 10.1. The lowest BCUT2D eigenvalue weighted by Crippen LogP contribution is -2.29. The Balaban J connectivity index is 1.67. The predicted octanol–water partition coefficient (Wildman–Crippen LogP) is 5.61. The number of carbonyl (C=O) groups excluding carboxylic acids is 2. The van der Waals surface area contributed by atoms with Gasteiger partial charge in [0.1, 0.15) is 0 Å². The van der Waals surface area contributed by atoms with Gasteiger partial charge in [0.25, 0.3) is 5.91 Å². The van der Waals surface area contributed by atoms with E-state index in [0.717, 1.165) is 10.5 Å². The highest BCUT2D eigenvalue weighted by molar-refractivity contribution is 8.00.